The monoisotopic (exact) mass is 432 g/mol. The van der Waals surface area contributed by atoms with Crippen molar-refractivity contribution in [2.75, 3.05) is 0 Å². The summed E-state index contributed by atoms with van der Waals surface area (Å²) in [5, 5.41) is 2.20. The van der Waals surface area contributed by atoms with Crippen LogP contribution in [-0.2, 0) is 11.0 Å². The summed E-state index contributed by atoms with van der Waals surface area (Å²) < 4.78 is 17.3. The molecule has 0 radical (unpaired) electrons. The van der Waals surface area contributed by atoms with E-state index < -0.39 is 14.1 Å². The highest BCUT2D eigenvalue weighted by Crippen LogP contribution is 2.37. The molecule has 0 amide bonds. The van der Waals surface area contributed by atoms with Gasteiger partial charge in [-0.3, -0.25) is 4.79 Å². The SMILES string of the molecule is CC(C)(C)[Si](OCc1coc(C(=O)c2cnco2)n1)(c1ccccc1)c1ccccc1. The van der Waals surface area contributed by atoms with Crippen LogP contribution < -0.4 is 10.4 Å². The molecule has 6 nitrogen and oxygen atoms in total. The number of rotatable bonds is 7. The average Bonchev–Trinajstić information content (AvgIpc) is 3.47. The van der Waals surface area contributed by atoms with Crippen molar-refractivity contribution in [3.05, 3.63) is 96.9 Å². The summed E-state index contributed by atoms with van der Waals surface area (Å²) in [4.78, 5) is 20.5. The van der Waals surface area contributed by atoms with E-state index in [2.05, 4.69) is 55.0 Å². The van der Waals surface area contributed by atoms with Crippen LogP contribution in [0.2, 0.25) is 5.04 Å². The standard InChI is InChI=1S/C24H24N2O4Si/c1-24(2,3)31(19-10-6-4-7-11-19,20-12-8-5-9-13-20)30-16-18-15-28-23(26-18)22(27)21-14-25-17-29-21/h4-15,17H,16H2,1-3H3. The summed E-state index contributed by atoms with van der Waals surface area (Å²) >= 11 is 0. The average molecular weight is 433 g/mol. The first kappa shape index (κ1) is 21.0. The van der Waals surface area contributed by atoms with Gasteiger partial charge in [0.25, 0.3) is 20.0 Å². The van der Waals surface area contributed by atoms with Gasteiger partial charge in [-0.2, -0.15) is 0 Å². The van der Waals surface area contributed by atoms with Gasteiger partial charge in [0.15, 0.2) is 12.2 Å². The fourth-order valence-corrected chi connectivity index (χ4v) is 8.37. The predicted octanol–water partition coefficient (Wildman–Crippen LogP) is 3.97. The van der Waals surface area contributed by atoms with Crippen molar-refractivity contribution >= 4 is 24.5 Å². The van der Waals surface area contributed by atoms with Crippen LogP contribution in [0.1, 0.15) is 42.9 Å². The maximum atomic E-state index is 12.4. The second-order valence-corrected chi connectivity index (χ2v) is 12.6. The summed E-state index contributed by atoms with van der Waals surface area (Å²) in [7, 11) is -2.70. The van der Waals surface area contributed by atoms with E-state index in [1.807, 2.05) is 36.4 Å². The van der Waals surface area contributed by atoms with Gasteiger partial charge in [-0.05, 0) is 15.4 Å². The van der Waals surface area contributed by atoms with Crippen molar-refractivity contribution in [2.45, 2.75) is 32.4 Å². The van der Waals surface area contributed by atoms with Crippen LogP contribution in [0.5, 0.6) is 0 Å². The molecule has 2 heterocycles. The molecule has 7 heteroatoms. The van der Waals surface area contributed by atoms with E-state index in [1.54, 1.807) is 0 Å². The Hall–Kier alpha value is -3.29. The molecular formula is C24H24N2O4Si. The van der Waals surface area contributed by atoms with E-state index in [0.29, 0.717) is 5.69 Å². The van der Waals surface area contributed by atoms with Crippen LogP contribution in [0, 0.1) is 0 Å². The Morgan fingerprint density at radius 2 is 1.58 bits per heavy atom. The molecule has 0 spiro atoms. The second kappa shape index (κ2) is 8.45. The Bertz CT molecular complexity index is 1090. The van der Waals surface area contributed by atoms with E-state index in [4.69, 9.17) is 13.3 Å². The molecule has 0 bridgehead atoms. The molecule has 4 rings (SSSR count). The quantitative estimate of drug-likeness (QED) is 0.325. The van der Waals surface area contributed by atoms with Crippen LogP contribution in [0.4, 0.5) is 0 Å². The van der Waals surface area contributed by atoms with Gasteiger partial charge in [0.05, 0.1) is 12.8 Å². The molecule has 0 unspecified atom stereocenters. The van der Waals surface area contributed by atoms with Gasteiger partial charge in [-0.1, -0.05) is 81.4 Å². The molecule has 0 saturated carbocycles. The summed E-state index contributed by atoms with van der Waals surface area (Å²) in [6, 6.07) is 20.7. The second-order valence-electron chi connectivity index (χ2n) is 8.29. The molecule has 2 aromatic carbocycles. The Labute approximate surface area is 182 Å². The fraction of sp³-hybridized carbons (Fsp3) is 0.208. The fourth-order valence-electron chi connectivity index (χ4n) is 3.85. The number of ketones is 1. The molecule has 0 atom stereocenters. The Balaban J connectivity index is 1.69. The summed E-state index contributed by atoms with van der Waals surface area (Å²) in [6.07, 6.45) is 4.00. The molecule has 0 saturated heterocycles. The minimum atomic E-state index is -2.70. The minimum Gasteiger partial charge on any atom is -0.442 e. The van der Waals surface area contributed by atoms with E-state index in [-0.39, 0.29) is 23.3 Å². The molecule has 31 heavy (non-hydrogen) atoms. The Kier molecular flexibility index (Phi) is 5.71. The van der Waals surface area contributed by atoms with E-state index in [1.165, 1.54) is 29.2 Å². The highest BCUT2D eigenvalue weighted by Gasteiger charge is 2.50. The number of benzene rings is 2. The lowest BCUT2D eigenvalue weighted by Crippen LogP contribution is -2.66. The van der Waals surface area contributed by atoms with Gasteiger partial charge < -0.3 is 13.3 Å². The number of hydrogen-bond donors (Lipinski definition) is 0. The molecule has 2 aromatic heterocycles. The van der Waals surface area contributed by atoms with Gasteiger partial charge in [0, 0.05) is 0 Å². The zero-order chi connectivity index (χ0) is 21.9. The van der Waals surface area contributed by atoms with Crippen LogP contribution >= 0.6 is 0 Å². The molecule has 0 fully saturated rings. The summed E-state index contributed by atoms with van der Waals surface area (Å²) in [5.74, 6) is -0.409. The third-order valence-electron chi connectivity index (χ3n) is 5.26. The maximum Gasteiger partial charge on any atom is 0.284 e. The summed E-state index contributed by atoms with van der Waals surface area (Å²) in [6.45, 7) is 6.85. The zero-order valence-corrected chi connectivity index (χ0v) is 18.7. The van der Waals surface area contributed by atoms with Crippen molar-refractivity contribution in [3.63, 3.8) is 0 Å². The number of aromatic nitrogens is 2. The number of carbonyl (C=O) groups is 1. The molecule has 0 aliphatic rings. The van der Waals surface area contributed by atoms with Gasteiger partial charge in [0.2, 0.25) is 0 Å². The third-order valence-corrected chi connectivity index (χ3v) is 10.2. The topological polar surface area (TPSA) is 78.4 Å². The number of nitrogens with zero attached hydrogens (tertiary/aromatic N) is 2. The molecule has 0 aliphatic carbocycles. The van der Waals surface area contributed by atoms with Crippen molar-refractivity contribution in [3.8, 4) is 0 Å². The van der Waals surface area contributed by atoms with Crippen molar-refractivity contribution in [1.29, 1.82) is 0 Å². The Morgan fingerprint density at radius 1 is 0.968 bits per heavy atom. The van der Waals surface area contributed by atoms with Crippen LogP contribution in [-0.4, -0.2) is 24.1 Å². The largest absolute Gasteiger partial charge is 0.442 e. The number of oxazole rings is 2. The smallest absolute Gasteiger partial charge is 0.284 e. The Morgan fingerprint density at radius 3 is 2.10 bits per heavy atom. The zero-order valence-electron chi connectivity index (χ0n) is 17.7. The van der Waals surface area contributed by atoms with E-state index in [9.17, 15) is 4.79 Å². The lowest BCUT2D eigenvalue weighted by atomic mass is 10.2. The first-order chi connectivity index (χ1) is 14.9. The molecule has 4 aromatic rings. The molecule has 0 N–H and O–H groups in total. The maximum absolute atomic E-state index is 12.4. The lowest BCUT2D eigenvalue weighted by Gasteiger charge is -2.42. The third kappa shape index (κ3) is 4.02. The molecular weight excluding hydrogens is 408 g/mol. The van der Waals surface area contributed by atoms with Crippen molar-refractivity contribution in [1.82, 2.24) is 9.97 Å². The first-order valence-electron chi connectivity index (χ1n) is 10.0. The van der Waals surface area contributed by atoms with E-state index in [0.717, 1.165) is 0 Å². The van der Waals surface area contributed by atoms with Crippen molar-refractivity contribution in [2.24, 2.45) is 0 Å². The highest BCUT2D eigenvalue weighted by molar-refractivity contribution is 6.99. The van der Waals surface area contributed by atoms with Gasteiger partial charge in [-0.15, -0.1) is 0 Å². The highest BCUT2D eigenvalue weighted by atomic mass is 28.4. The lowest BCUT2D eigenvalue weighted by molar-refractivity contribution is 0.0976. The molecule has 158 valence electrons. The van der Waals surface area contributed by atoms with Crippen LogP contribution in [0.3, 0.4) is 0 Å². The van der Waals surface area contributed by atoms with Gasteiger partial charge in [-0.25, -0.2) is 9.97 Å². The minimum absolute atomic E-state index is 0.0437. The van der Waals surface area contributed by atoms with Crippen molar-refractivity contribution < 1.29 is 18.1 Å². The number of hydrogen-bond acceptors (Lipinski definition) is 6. The van der Waals surface area contributed by atoms with Crippen LogP contribution in [0.15, 0.2) is 88.4 Å². The normalized spacial score (nSPS) is 12.1. The number of carbonyl (C=O) groups excluding carboxylic acids is 1. The summed E-state index contributed by atoms with van der Waals surface area (Å²) in [5.41, 5.74) is 0.552. The van der Waals surface area contributed by atoms with Gasteiger partial charge >= 0.3 is 0 Å². The van der Waals surface area contributed by atoms with Gasteiger partial charge in [0.1, 0.15) is 12.0 Å². The predicted molar refractivity (Wildman–Crippen MR) is 119 cm³/mol. The molecule has 0 aliphatic heterocycles. The van der Waals surface area contributed by atoms with E-state index >= 15 is 0 Å². The first-order valence-corrected chi connectivity index (χ1v) is 12.0. The van der Waals surface area contributed by atoms with Crippen LogP contribution in [0.25, 0.3) is 0 Å².